The summed E-state index contributed by atoms with van der Waals surface area (Å²) in [4.78, 5) is 16.4. The molecule has 0 fully saturated rings. The number of rotatable bonds is 4. The molecule has 1 aromatic carbocycles. The molecular weight excluding hydrogens is 351 g/mol. The number of anilines is 1. The second kappa shape index (κ2) is 6.90. The normalized spacial score (nSPS) is 10.5. The van der Waals surface area contributed by atoms with E-state index in [2.05, 4.69) is 15.4 Å². The van der Waals surface area contributed by atoms with Gasteiger partial charge in [-0.3, -0.25) is 4.79 Å². The zero-order chi connectivity index (χ0) is 17.1. The summed E-state index contributed by atoms with van der Waals surface area (Å²) >= 11 is 11.9. The van der Waals surface area contributed by atoms with Crippen LogP contribution < -0.4 is 10.1 Å². The van der Waals surface area contributed by atoms with Gasteiger partial charge in [0.1, 0.15) is 5.69 Å². The number of halogens is 2. The topological polar surface area (TPSA) is 69.0 Å². The molecule has 0 atom stereocenters. The molecule has 0 bridgehead atoms. The minimum absolute atomic E-state index is 0.243. The smallest absolute Gasteiger partial charge is 0.276 e. The fourth-order valence-corrected chi connectivity index (χ4v) is 2.34. The number of carbonyl (C=O) groups excluding carboxylic acids is 1. The fraction of sp³-hybridized carbons (Fsp3) is 0.0625. The summed E-state index contributed by atoms with van der Waals surface area (Å²) in [6, 6.07) is 10.1. The standard InChI is InChI=1S/C16H12Cl2N4O2/c1-24-16-14(3-2-7-19-16)20-15(23)13-6-8-22(21-13)10-4-5-11(17)12(18)9-10/h2-9H,1H3,(H,20,23). The number of ether oxygens (including phenoxy) is 1. The zero-order valence-corrected chi connectivity index (χ0v) is 14.0. The Balaban J connectivity index is 1.82. The van der Waals surface area contributed by atoms with Gasteiger partial charge in [-0.2, -0.15) is 5.10 Å². The molecule has 1 N–H and O–H groups in total. The van der Waals surface area contributed by atoms with Gasteiger partial charge in [-0.15, -0.1) is 0 Å². The SMILES string of the molecule is COc1ncccc1NC(=O)c1ccn(-c2ccc(Cl)c(Cl)c2)n1. The molecule has 0 aliphatic heterocycles. The van der Waals surface area contributed by atoms with E-state index in [-0.39, 0.29) is 11.6 Å². The van der Waals surface area contributed by atoms with Crippen molar-refractivity contribution in [3.63, 3.8) is 0 Å². The van der Waals surface area contributed by atoms with Crippen molar-refractivity contribution in [2.45, 2.75) is 0 Å². The molecule has 0 spiro atoms. The van der Waals surface area contributed by atoms with Crippen LogP contribution in [-0.4, -0.2) is 27.8 Å². The minimum Gasteiger partial charge on any atom is -0.480 e. The summed E-state index contributed by atoms with van der Waals surface area (Å²) in [5.74, 6) is -0.0464. The van der Waals surface area contributed by atoms with Gasteiger partial charge in [0.2, 0.25) is 5.88 Å². The highest BCUT2D eigenvalue weighted by molar-refractivity contribution is 6.42. The number of nitrogens with one attached hydrogen (secondary N) is 1. The van der Waals surface area contributed by atoms with Crippen molar-refractivity contribution in [3.05, 3.63) is 64.5 Å². The molecule has 0 saturated heterocycles. The molecular formula is C16H12Cl2N4O2. The Hall–Kier alpha value is -2.57. The molecule has 0 unspecified atom stereocenters. The maximum atomic E-state index is 12.3. The van der Waals surface area contributed by atoms with Crippen LogP contribution in [0.25, 0.3) is 5.69 Å². The van der Waals surface area contributed by atoms with Gasteiger partial charge in [-0.05, 0) is 36.4 Å². The molecule has 2 heterocycles. The summed E-state index contributed by atoms with van der Waals surface area (Å²) in [5, 5.41) is 7.82. The summed E-state index contributed by atoms with van der Waals surface area (Å²) < 4.78 is 6.64. The number of carbonyl (C=O) groups is 1. The first-order chi connectivity index (χ1) is 11.6. The first-order valence-corrected chi connectivity index (χ1v) is 7.65. The molecule has 0 radical (unpaired) electrons. The number of aromatic nitrogens is 3. The van der Waals surface area contributed by atoms with Crippen molar-refractivity contribution in [1.82, 2.24) is 14.8 Å². The highest BCUT2D eigenvalue weighted by Crippen LogP contribution is 2.24. The molecule has 0 aliphatic carbocycles. The molecule has 1 amide bonds. The molecule has 6 nitrogen and oxygen atoms in total. The van der Waals surface area contributed by atoms with Gasteiger partial charge < -0.3 is 10.1 Å². The van der Waals surface area contributed by atoms with E-state index in [0.29, 0.717) is 27.3 Å². The van der Waals surface area contributed by atoms with Crippen LogP contribution >= 0.6 is 23.2 Å². The highest BCUT2D eigenvalue weighted by atomic mass is 35.5. The number of pyridine rings is 1. The van der Waals surface area contributed by atoms with Gasteiger partial charge in [0.25, 0.3) is 5.91 Å². The van der Waals surface area contributed by atoms with E-state index in [1.54, 1.807) is 48.8 Å². The zero-order valence-electron chi connectivity index (χ0n) is 12.5. The van der Waals surface area contributed by atoms with Crippen molar-refractivity contribution in [2.24, 2.45) is 0 Å². The predicted octanol–water partition coefficient (Wildman–Crippen LogP) is 3.84. The van der Waals surface area contributed by atoms with E-state index in [9.17, 15) is 4.79 Å². The molecule has 3 rings (SSSR count). The van der Waals surface area contributed by atoms with E-state index in [1.807, 2.05) is 0 Å². The van der Waals surface area contributed by atoms with E-state index < -0.39 is 0 Å². The second-order valence-electron chi connectivity index (χ2n) is 4.76. The van der Waals surface area contributed by atoms with Crippen molar-refractivity contribution in [3.8, 4) is 11.6 Å². The number of nitrogens with zero attached hydrogens (tertiary/aromatic N) is 3. The van der Waals surface area contributed by atoms with Crippen molar-refractivity contribution in [1.29, 1.82) is 0 Å². The van der Waals surface area contributed by atoms with Crippen molar-refractivity contribution in [2.75, 3.05) is 12.4 Å². The summed E-state index contributed by atoms with van der Waals surface area (Å²) in [6.07, 6.45) is 3.24. The van der Waals surface area contributed by atoms with Gasteiger partial charge in [0, 0.05) is 12.4 Å². The third-order valence-corrected chi connectivity index (χ3v) is 3.94. The first kappa shape index (κ1) is 16.3. The quantitative estimate of drug-likeness (QED) is 0.765. The number of hydrogen-bond acceptors (Lipinski definition) is 4. The Morgan fingerprint density at radius 2 is 2.04 bits per heavy atom. The Morgan fingerprint density at radius 3 is 2.79 bits per heavy atom. The molecule has 0 aliphatic rings. The number of amides is 1. The lowest BCUT2D eigenvalue weighted by Crippen LogP contribution is -2.14. The Labute approximate surface area is 148 Å². The lowest BCUT2D eigenvalue weighted by Gasteiger charge is -2.07. The van der Waals surface area contributed by atoms with Gasteiger partial charge in [0.15, 0.2) is 5.69 Å². The molecule has 0 saturated carbocycles. The average Bonchev–Trinajstić information content (AvgIpc) is 3.08. The van der Waals surface area contributed by atoms with Gasteiger partial charge in [-0.1, -0.05) is 23.2 Å². The van der Waals surface area contributed by atoms with Gasteiger partial charge in [0.05, 0.1) is 22.8 Å². The monoisotopic (exact) mass is 362 g/mol. The number of methoxy groups -OCH3 is 1. The van der Waals surface area contributed by atoms with Crippen LogP contribution in [0, 0.1) is 0 Å². The fourth-order valence-electron chi connectivity index (χ4n) is 2.05. The van der Waals surface area contributed by atoms with Crippen LogP contribution in [0.5, 0.6) is 5.88 Å². The Kier molecular flexibility index (Phi) is 4.69. The molecule has 122 valence electrons. The van der Waals surface area contributed by atoms with E-state index in [1.165, 1.54) is 11.8 Å². The van der Waals surface area contributed by atoms with Crippen molar-refractivity contribution >= 4 is 34.8 Å². The predicted molar refractivity (Wildman–Crippen MR) is 92.3 cm³/mol. The largest absolute Gasteiger partial charge is 0.480 e. The van der Waals surface area contributed by atoms with Crippen LogP contribution in [0.15, 0.2) is 48.8 Å². The van der Waals surface area contributed by atoms with Crippen LogP contribution in [-0.2, 0) is 0 Å². The minimum atomic E-state index is -0.375. The third kappa shape index (κ3) is 3.34. The summed E-state index contributed by atoms with van der Waals surface area (Å²) in [5.41, 5.74) is 1.41. The lowest BCUT2D eigenvalue weighted by atomic mass is 10.3. The van der Waals surface area contributed by atoms with Crippen LogP contribution in [0.4, 0.5) is 5.69 Å². The average molecular weight is 363 g/mol. The maximum absolute atomic E-state index is 12.3. The molecule has 3 aromatic rings. The molecule has 2 aromatic heterocycles. The first-order valence-electron chi connectivity index (χ1n) is 6.90. The Bertz CT molecular complexity index is 895. The summed E-state index contributed by atoms with van der Waals surface area (Å²) in [6.45, 7) is 0. The summed E-state index contributed by atoms with van der Waals surface area (Å²) in [7, 11) is 1.48. The number of benzene rings is 1. The van der Waals surface area contributed by atoms with Gasteiger partial charge in [-0.25, -0.2) is 9.67 Å². The van der Waals surface area contributed by atoms with Gasteiger partial charge >= 0.3 is 0 Å². The van der Waals surface area contributed by atoms with E-state index in [0.717, 1.165) is 0 Å². The van der Waals surface area contributed by atoms with E-state index >= 15 is 0 Å². The highest BCUT2D eigenvalue weighted by Gasteiger charge is 2.13. The lowest BCUT2D eigenvalue weighted by molar-refractivity contribution is 0.102. The van der Waals surface area contributed by atoms with Crippen LogP contribution in [0.2, 0.25) is 10.0 Å². The third-order valence-electron chi connectivity index (χ3n) is 3.20. The second-order valence-corrected chi connectivity index (χ2v) is 5.57. The van der Waals surface area contributed by atoms with Crippen LogP contribution in [0.1, 0.15) is 10.5 Å². The number of hydrogen-bond donors (Lipinski definition) is 1. The molecule has 24 heavy (non-hydrogen) atoms. The van der Waals surface area contributed by atoms with Crippen LogP contribution in [0.3, 0.4) is 0 Å². The Morgan fingerprint density at radius 1 is 1.21 bits per heavy atom. The maximum Gasteiger partial charge on any atom is 0.276 e. The van der Waals surface area contributed by atoms with E-state index in [4.69, 9.17) is 27.9 Å². The molecule has 8 heteroatoms. The van der Waals surface area contributed by atoms with Crippen molar-refractivity contribution < 1.29 is 9.53 Å².